The molecule has 116 valence electrons. The van der Waals surface area contributed by atoms with Crippen LogP contribution in [0.25, 0.3) is 0 Å². The summed E-state index contributed by atoms with van der Waals surface area (Å²) in [6, 6.07) is 8.43. The van der Waals surface area contributed by atoms with Crippen LogP contribution in [0.3, 0.4) is 0 Å². The fourth-order valence-electron chi connectivity index (χ4n) is 3.30. The number of benzene rings is 1. The van der Waals surface area contributed by atoms with E-state index in [2.05, 4.69) is 29.6 Å². The zero-order chi connectivity index (χ0) is 14.5. The van der Waals surface area contributed by atoms with Gasteiger partial charge in [0.25, 0.3) is 0 Å². The molecule has 1 aromatic carbocycles. The summed E-state index contributed by atoms with van der Waals surface area (Å²) in [5.41, 5.74) is 1.36. The Labute approximate surface area is 131 Å². The second-order valence-electron chi connectivity index (χ2n) is 6.05. The topological polar surface area (TPSA) is 30.5 Å². The van der Waals surface area contributed by atoms with Gasteiger partial charge < -0.3 is 14.8 Å². The highest BCUT2D eigenvalue weighted by atomic mass is 32.2. The summed E-state index contributed by atoms with van der Waals surface area (Å²) in [5, 5.41) is 3.18. The van der Waals surface area contributed by atoms with Gasteiger partial charge in [-0.05, 0) is 49.1 Å². The summed E-state index contributed by atoms with van der Waals surface area (Å²) < 4.78 is 12.4. The normalized spacial score (nSPS) is 24.9. The van der Waals surface area contributed by atoms with E-state index in [0.717, 1.165) is 31.7 Å². The molecule has 1 atom stereocenters. The van der Waals surface area contributed by atoms with Gasteiger partial charge in [-0.1, -0.05) is 12.1 Å². The molecular weight excluding hydrogens is 282 g/mol. The average Bonchev–Trinajstić information content (AvgIpc) is 2.49. The lowest BCUT2D eigenvalue weighted by Gasteiger charge is -2.43. The summed E-state index contributed by atoms with van der Waals surface area (Å²) in [7, 11) is 1.97. The van der Waals surface area contributed by atoms with Crippen molar-refractivity contribution in [2.24, 2.45) is 0 Å². The molecule has 3 rings (SSSR count). The highest BCUT2D eigenvalue weighted by Crippen LogP contribution is 2.38. The second-order valence-corrected chi connectivity index (χ2v) is 7.28. The predicted molar refractivity (Wildman–Crippen MR) is 88.1 cm³/mol. The van der Waals surface area contributed by atoms with Gasteiger partial charge in [0.05, 0.1) is 12.2 Å². The molecule has 0 saturated carbocycles. The number of thioether (sulfide) groups is 1. The average molecular weight is 307 g/mol. The molecule has 0 aromatic heterocycles. The Morgan fingerprint density at radius 3 is 3.05 bits per heavy atom. The SMILES string of the molecule is CNCc1cccc(OC2CCOC3(CCSCC3)C2)c1. The minimum absolute atomic E-state index is 0.0940. The van der Waals surface area contributed by atoms with Gasteiger partial charge in [0.15, 0.2) is 0 Å². The number of hydrogen-bond acceptors (Lipinski definition) is 4. The first kappa shape index (κ1) is 15.2. The Hall–Kier alpha value is -0.710. The lowest BCUT2D eigenvalue weighted by Crippen LogP contribution is -2.46. The van der Waals surface area contributed by atoms with E-state index in [1.807, 2.05) is 18.8 Å². The maximum Gasteiger partial charge on any atom is 0.120 e. The van der Waals surface area contributed by atoms with E-state index in [4.69, 9.17) is 9.47 Å². The Morgan fingerprint density at radius 2 is 2.24 bits per heavy atom. The first-order chi connectivity index (χ1) is 10.3. The Bertz CT molecular complexity index is 454. The van der Waals surface area contributed by atoms with Crippen molar-refractivity contribution in [2.45, 2.75) is 43.9 Å². The van der Waals surface area contributed by atoms with E-state index in [1.54, 1.807) is 0 Å². The first-order valence-electron chi connectivity index (χ1n) is 7.92. The molecule has 2 fully saturated rings. The van der Waals surface area contributed by atoms with Crippen LogP contribution in [-0.4, -0.2) is 36.9 Å². The smallest absolute Gasteiger partial charge is 0.120 e. The van der Waals surface area contributed by atoms with Crippen LogP contribution in [0.1, 0.15) is 31.2 Å². The summed E-state index contributed by atoms with van der Waals surface area (Å²) in [4.78, 5) is 0. The third-order valence-electron chi connectivity index (χ3n) is 4.43. The molecule has 2 heterocycles. The standard InChI is InChI=1S/C17H25NO2S/c1-18-13-14-3-2-4-15(11-14)20-16-5-8-19-17(12-16)6-9-21-10-7-17/h2-4,11,16,18H,5-10,12-13H2,1H3. The third kappa shape index (κ3) is 3.93. The van der Waals surface area contributed by atoms with Crippen molar-refractivity contribution in [1.82, 2.24) is 5.32 Å². The van der Waals surface area contributed by atoms with Gasteiger partial charge in [-0.15, -0.1) is 0 Å². The fourth-order valence-corrected chi connectivity index (χ4v) is 4.54. The van der Waals surface area contributed by atoms with Crippen LogP contribution in [0.5, 0.6) is 5.75 Å². The quantitative estimate of drug-likeness (QED) is 0.925. The number of rotatable bonds is 4. The monoisotopic (exact) mass is 307 g/mol. The van der Waals surface area contributed by atoms with Gasteiger partial charge >= 0.3 is 0 Å². The minimum Gasteiger partial charge on any atom is -0.490 e. The zero-order valence-electron chi connectivity index (χ0n) is 12.8. The van der Waals surface area contributed by atoms with Gasteiger partial charge in [0.1, 0.15) is 11.9 Å². The van der Waals surface area contributed by atoms with E-state index in [1.165, 1.54) is 29.9 Å². The van der Waals surface area contributed by atoms with Crippen molar-refractivity contribution in [1.29, 1.82) is 0 Å². The van der Waals surface area contributed by atoms with Crippen molar-refractivity contribution in [2.75, 3.05) is 25.2 Å². The molecule has 4 heteroatoms. The highest BCUT2D eigenvalue weighted by molar-refractivity contribution is 7.99. The maximum atomic E-state index is 6.26. The van der Waals surface area contributed by atoms with E-state index < -0.39 is 0 Å². The molecule has 1 unspecified atom stereocenters. The van der Waals surface area contributed by atoms with Crippen LogP contribution in [-0.2, 0) is 11.3 Å². The molecule has 0 amide bonds. The summed E-state index contributed by atoms with van der Waals surface area (Å²) in [6.45, 7) is 1.72. The molecule has 3 nitrogen and oxygen atoms in total. The lowest BCUT2D eigenvalue weighted by molar-refractivity contribution is -0.116. The highest BCUT2D eigenvalue weighted by Gasteiger charge is 2.39. The van der Waals surface area contributed by atoms with Gasteiger partial charge in [0.2, 0.25) is 0 Å². The Kier molecular flexibility index (Phi) is 5.09. The van der Waals surface area contributed by atoms with Crippen molar-refractivity contribution in [3.8, 4) is 5.75 Å². The molecule has 1 N–H and O–H groups in total. The van der Waals surface area contributed by atoms with Crippen LogP contribution in [0.15, 0.2) is 24.3 Å². The summed E-state index contributed by atoms with van der Waals surface area (Å²) in [6.07, 6.45) is 4.70. The molecule has 1 aromatic rings. The molecular formula is C17H25NO2S. The lowest BCUT2D eigenvalue weighted by atomic mass is 9.86. The molecule has 2 saturated heterocycles. The van der Waals surface area contributed by atoms with Crippen molar-refractivity contribution in [3.05, 3.63) is 29.8 Å². The third-order valence-corrected chi connectivity index (χ3v) is 5.42. The van der Waals surface area contributed by atoms with Crippen LogP contribution < -0.4 is 10.1 Å². The number of nitrogens with one attached hydrogen (secondary N) is 1. The number of ether oxygens (including phenoxy) is 2. The van der Waals surface area contributed by atoms with Crippen molar-refractivity contribution >= 4 is 11.8 Å². The summed E-state index contributed by atoms with van der Waals surface area (Å²) >= 11 is 2.05. The van der Waals surface area contributed by atoms with E-state index in [9.17, 15) is 0 Å². The first-order valence-corrected chi connectivity index (χ1v) is 9.07. The minimum atomic E-state index is 0.0940. The Balaban J connectivity index is 1.63. The van der Waals surface area contributed by atoms with E-state index >= 15 is 0 Å². The zero-order valence-corrected chi connectivity index (χ0v) is 13.6. The van der Waals surface area contributed by atoms with Gasteiger partial charge in [-0.3, -0.25) is 0 Å². The number of hydrogen-bond donors (Lipinski definition) is 1. The molecule has 1 spiro atoms. The van der Waals surface area contributed by atoms with Crippen molar-refractivity contribution in [3.63, 3.8) is 0 Å². The summed E-state index contributed by atoms with van der Waals surface area (Å²) in [5.74, 6) is 3.45. The van der Waals surface area contributed by atoms with Crippen LogP contribution >= 0.6 is 11.8 Å². The van der Waals surface area contributed by atoms with Gasteiger partial charge in [-0.2, -0.15) is 11.8 Å². The Morgan fingerprint density at radius 1 is 1.38 bits per heavy atom. The van der Waals surface area contributed by atoms with Crippen LogP contribution in [0.2, 0.25) is 0 Å². The molecule has 0 bridgehead atoms. The van der Waals surface area contributed by atoms with Crippen LogP contribution in [0, 0.1) is 0 Å². The van der Waals surface area contributed by atoms with Gasteiger partial charge in [-0.25, -0.2) is 0 Å². The van der Waals surface area contributed by atoms with Crippen LogP contribution in [0.4, 0.5) is 0 Å². The van der Waals surface area contributed by atoms with E-state index in [0.29, 0.717) is 6.10 Å². The predicted octanol–water partition coefficient (Wildman–Crippen LogP) is 3.23. The van der Waals surface area contributed by atoms with Crippen molar-refractivity contribution < 1.29 is 9.47 Å². The van der Waals surface area contributed by atoms with Gasteiger partial charge in [0, 0.05) is 19.4 Å². The molecule has 2 aliphatic heterocycles. The fraction of sp³-hybridized carbons (Fsp3) is 0.647. The molecule has 2 aliphatic rings. The second kappa shape index (κ2) is 7.03. The maximum absolute atomic E-state index is 6.26. The molecule has 21 heavy (non-hydrogen) atoms. The van der Waals surface area contributed by atoms with E-state index in [-0.39, 0.29) is 5.60 Å². The largest absolute Gasteiger partial charge is 0.490 e. The molecule has 0 aliphatic carbocycles. The molecule has 0 radical (unpaired) electrons.